The van der Waals surface area contributed by atoms with Crippen LogP contribution in [0.3, 0.4) is 0 Å². The third kappa shape index (κ3) is 5.41. The van der Waals surface area contributed by atoms with Gasteiger partial charge in [-0.3, -0.25) is 9.59 Å². The maximum absolute atomic E-state index is 14.1. The predicted molar refractivity (Wildman–Crippen MR) is 123 cm³/mol. The number of carbonyl (C=O) groups is 2. The molecule has 2 N–H and O–H groups in total. The largest absolute Gasteiger partial charge is 0.432 e. The number of anilines is 1. The van der Waals surface area contributed by atoms with Crippen molar-refractivity contribution in [1.29, 1.82) is 0 Å². The van der Waals surface area contributed by atoms with Gasteiger partial charge >= 0.3 is 6.61 Å². The lowest BCUT2D eigenvalue weighted by Gasteiger charge is -2.27. The first-order valence-corrected chi connectivity index (χ1v) is 11.0. The van der Waals surface area contributed by atoms with E-state index in [4.69, 9.17) is 11.6 Å². The first-order valence-electron chi connectivity index (χ1n) is 10.6. The summed E-state index contributed by atoms with van der Waals surface area (Å²) in [7, 11) is 1.56. The van der Waals surface area contributed by atoms with Gasteiger partial charge in [0.1, 0.15) is 0 Å². The Hall–Kier alpha value is -3.57. The molecule has 0 unspecified atom stereocenters. The molecule has 0 radical (unpaired) electrons. The van der Waals surface area contributed by atoms with E-state index in [0.29, 0.717) is 48.7 Å². The SMILES string of the molecule is Cn1c(-c2ccc(OC(F)F)c(F)c2)cnc1C(=O)Nc1ccc(C(=O)N2CCNCC2)c(Cl)c1. The summed E-state index contributed by atoms with van der Waals surface area (Å²) in [6.45, 7) is -0.556. The van der Waals surface area contributed by atoms with E-state index in [2.05, 4.69) is 20.4 Å². The third-order valence-corrected chi connectivity index (χ3v) is 5.81. The number of halogens is 4. The van der Waals surface area contributed by atoms with E-state index in [9.17, 15) is 22.8 Å². The average Bonchev–Trinajstić information content (AvgIpc) is 3.22. The van der Waals surface area contributed by atoms with Crippen LogP contribution in [0.1, 0.15) is 21.0 Å². The molecule has 35 heavy (non-hydrogen) atoms. The Morgan fingerprint density at radius 2 is 1.91 bits per heavy atom. The number of benzene rings is 2. The first-order chi connectivity index (χ1) is 16.7. The van der Waals surface area contributed by atoms with Crippen molar-refractivity contribution in [2.75, 3.05) is 31.5 Å². The number of amides is 2. The number of ether oxygens (including phenoxy) is 1. The maximum Gasteiger partial charge on any atom is 0.387 e. The number of carbonyl (C=O) groups excluding carboxylic acids is 2. The minimum Gasteiger partial charge on any atom is -0.432 e. The van der Waals surface area contributed by atoms with Gasteiger partial charge in [0.2, 0.25) is 0 Å². The molecule has 3 aromatic rings. The van der Waals surface area contributed by atoms with Crippen LogP contribution in [-0.4, -0.2) is 59.1 Å². The van der Waals surface area contributed by atoms with Crippen molar-refractivity contribution in [2.45, 2.75) is 6.61 Å². The summed E-state index contributed by atoms with van der Waals surface area (Å²) in [6.07, 6.45) is 1.36. The number of piperazine rings is 1. The van der Waals surface area contributed by atoms with E-state index >= 15 is 0 Å². The Balaban J connectivity index is 1.49. The van der Waals surface area contributed by atoms with Gasteiger partial charge in [-0.25, -0.2) is 9.37 Å². The highest BCUT2D eigenvalue weighted by molar-refractivity contribution is 6.34. The van der Waals surface area contributed by atoms with Crippen LogP contribution < -0.4 is 15.4 Å². The van der Waals surface area contributed by atoms with E-state index < -0.39 is 24.1 Å². The van der Waals surface area contributed by atoms with Crippen LogP contribution in [-0.2, 0) is 7.05 Å². The van der Waals surface area contributed by atoms with Gasteiger partial charge in [-0.15, -0.1) is 0 Å². The van der Waals surface area contributed by atoms with Gasteiger partial charge in [-0.2, -0.15) is 8.78 Å². The Bertz CT molecular complexity index is 1260. The van der Waals surface area contributed by atoms with E-state index in [0.717, 1.165) is 12.1 Å². The van der Waals surface area contributed by atoms with Crippen molar-refractivity contribution >= 4 is 29.1 Å². The first kappa shape index (κ1) is 24.6. The number of hydrogen-bond acceptors (Lipinski definition) is 5. The summed E-state index contributed by atoms with van der Waals surface area (Å²) in [5.74, 6) is -2.28. The Morgan fingerprint density at radius 3 is 2.57 bits per heavy atom. The molecule has 8 nitrogen and oxygen atoms in total. The summed E-state index contributed by atoms with van der Waals surface area (Å²) < 4.78 is 44.4. The molecule has 1 aromatic heterocycles. The molecule has 4 rings (SSSR count). The molecule has 0 spiro atoms. The van der Waals surface area contributed by atoms with Crippen molar-refractivity contribution < 1.29 is 27.5 Å². The second kappa shape index (κ2) is 10.4. The normalized spacial score (nSPS) is 13.7. The van der Waals surface area contributed by atoms with Crippen LogP contribution >= 0.6 is 11.6 Å². The van der Waals surface area contributed by atoms with E-state index in [-0.39, 0.29) is 16.8 Å². The number of nitrogens with zero attached hydrogens (tertiary/aromatic N) is 3. The molecule has 1 aliphatic rings. The van der Waals surface area contributed by atoms with Crippen LogP contribution in [0.25, 0.3) is 11.3 Å². The van der Waals surface area contributed by atoms with Crippen LogP contribution in [0.5, 0.6) is 5.75 Å². The summed E-state index contributed by atoms with van der Waals surface area (Å²) in [5, 5.41) is 6.05. The molecule has 0 bridgehead atoms. The quantitative estimate of drug-likeness (QED) is 0.530. The predicted octanol–water partition coefficient (Wildman–Crippen LogP) is 3.78. The molecule has 1 aliphatic heterocycles. The lowest BCUT2D eigenvalue weighted by atomic mass is 10.1. The topological polar surface area (TPSA) is 88.5 Å². The monoisotopic (exact) mass is 507 g/mol. The minimum absolute atomic E-state index is 0.0189. The lowest BCUT2D eigenvalue weighted by Crippen LogP contribution is -2.46. The second-order valence-corrected chi connectivity index (χ2v) is 8.15. The molecule has 2 heterocycles. The van der Waals surface area contributed by atoms with Gasteiger partial charge in [0, 0.05) is 44.5 Å². The van der Waals surface area contributed by atoms with Gasteiger partial charge in [0.05, 0.1) is 22.5 Å². The molecule has 1 saturated heterocycles. The molecule has 12 heteroatoms. The Kier molecular flexibility index (Phi) is 7.27. The van der Waals surface area contributed by atoms with Crippen molar-refractivity contribution in [2.24, 2.45) is 7.05 Å². The Morgan fingerprint density at radius 1 is 1.17 bits per heavy atom. The van der Waals surface area contributed by atoms with Gasteiger partial charge in [-0.1, -0.05) is 11.6 Å². The molecular weight excluding hydrogens is 487 g/mol. The highest BCUT2D eigenvalue weighted by Gasteiger charge is 2.22. The van der Waals surface area contributed by atoms with E-state index in [1.807, 2.05) is 0 Å². The van der Waals surface area contributed by atoms with Crippen molar-refractivity contribution in [3.05, 3.63) is 64.8 Å². The molecule has 1 fully saturated rings. The standard InChI is InChI=1S/C23H21ClF3N5O3/c1-31-18(13-2-5-19(17(25)10-13)35-23(26)27)12-29-20(31)21(33)30-14-3-4-15(16(24)11-14)22(34)32-8-6-28-7-9-32/h2-5,10-12,23,28H,6-9H2,1H3,(H,30,33). The van der Waals surface area contributed by atoms with Crippen molar-refractivity contribution in [1.82, 2.24) is 19.8 Å². The number of rotatable bonds is 6. The zero-order valence-electron chi connectivity index (χ0n) is 18.5. The zero-order valence-corrected chi connectivity index (χ0v) is 19.3. The van der Waals surface area contributed by atoms with Gasteiger partial charge < -0.3 is 24.8 Å². The fourth-order valence-electron chi connectivity index (χ4n) is 3.73. The number of imidazole rings is 1. The Labute approximate surface area is 203 Å². The van der Waals surface area contributed by atoms with E-state index in [1.165, 1.54) is 22.9 Å². The number of hydrogen-bond donors (Lipinski definition) is 2. The van der Waals surface area contributed by atoms with Crippen molar-refractivity contribution in [3.63, 3.8) is 0 Å². The number of aromatic nitrogens is 2. The summed E-state index contributed by atoms with van der Waals surface area (Å²) in [6, 6.07) is 8.08. The molecule has 2 amide bonds. The highest BCUT2D eigenvalue weighted by atomic mass is 35.5. The fourth-order valence-corrected chi connectivity index (χ4v) is 3.99. The van der Waals surface area contributed by atoms with Crippen LogP contribution in [0.4, 0.5) is 18.9 Å². The average molecular weight is 508 g/mol. The van der Waals surface area contributed by atoms with E-state index in [1.54, 1.807) is 24.1 Å². The number of alkyl halides is 2. The molecule has 0 aliphatic carbocycles. The third-order valence-electron chi connectivity index (χ3n) is 5.50. The summed E-state index contributed by atoms with van der Waals surface area (Å²) >= 11 is 6.32. The fraction of sp³-hybridized carbons (Fsp3) is 0.261. The maximum atomic E-state index is 14.1. The van der Waals surface area contributed by atoms with Crippen molar-refractivity contribution in [3.8, 4) is 17.0 Å². The lowest BCUT2D eigenvalue weighted by molar-refractivity contribution is -0.0521. The summed E-state index contributed by atoms with van der Waals surface area (Å²) in [5.41, 5.74) is 1.40. The van der Waals surface area contributed by atoms with Gasteiger partial charge in [-0.05, 0) is 36.4 Å². The summed E-state index contributed by atoms with van der Waals surface area (Å²) in [4.78, 5) is 31.3. The highest BCUT2D eigenvalue weighted by Crippen LogP contribution is 2.28. The smallest absolute Gasteiger partial charge is 0.387 e. The van der Waals surface area contributed by atoms with Crippen LogP contribution in [0.2, 0.25) is 5.02 Å². The van der Waals surface area contributed by atoms with Crippen LogP contribution in [0.15, 0.2) is 42.6 Å². The van der Waals surface area contributed by atoms with Crippen LogP contribution in [0, 0.1) is 5.82 Å². The molecule has 0 atom stereocenters. The molecular formula is C23H21ClF3N5O3. The zero-order chi connectivity index (χ0) is 25.1. The molecule has 2 aromatic carbocycles. The van der Waals surface area contributed by atoms with Gasteiger partial charge in [0.15, 0.2) is 17.4 Å². The molecule has 0 saturated carbocycles. The minimum atomic E-state index is -3.15. The molecule has 184 valence electrons. The van der Waals surface area contributed by atoms with Gasteiger partial charge in [0.25, 0.3) is 11.8 Å². The second-order valence-electron chi connectivity index (χ2n) is 7.74. The number of nitrogens with one attached hydrogen (secondary N) is 2.